The number of ether oxygens (including phenoxy) is 1. The average Bonchev–Trinajstić information content (AvgIpc) is 3.62. The first-order valence-corrected chi connectivity index (χ1v) is 15.1. The van der Waals surface area contributed by atoms with Gasteiger partial charge in [-0.25, -0.2) is 0 Å². The molecule has 1 fully saturated rings. The first-order valence-electron chi connectivity index (χ1n) is 14.7. The number of urea groups is 1. The third-order valence-electron chi connectivity index (χ3n) is 6.21. The van der Waals surface area contributed by atoms with Crippen molar-refractivity contribution in [2.24, 2.45) is 5.10 Å². The number of hydrazone groups is 1. The summed E-state index contributed by atoms with van der Waals surface area (Å²) < 4.78 is 5.33. The van der Waals surface area contributed by atoms with Crippen molar-refractivity contribution in [2.75, 3.05) is 46.4 Å². The van der Waals surface area contributed by atoms with Gasteiger partial charge in [-0.05, 0) is 29.8 Å². The van der Waals surface area contributed by atoms with Gasteiger partial charge in [0.05, 0.1) is 25.5 Å². The van der Waals surface area contributed by atoms with Crippen LogP contribution in [0, 0.1) is 0 Å². The Balaban J connectivity index is 0.000000396. The largest absolute Gasteiger partial charge is 0.667 e. The smallest absolute Gasteiger partial charge is 0.302 e. The number of aliphatic carboxylic acids is 1. The Morgan fingerprint density at radius 3 is 2.00 bits per heavy atom. The van der Waals surface area contributed by atoms with Crippen molar-refractivity contribution in [3.63, 3.8) is 0 Å². The molecular formula is C33H43ClN6O4Y-2. The van der Waals surface area contributed by atoms with Gasteiger partial charge in [-0.1, -0.05) is 104 Å². The van der Waals surface area contributed by atoms with Crippen LogP contribution in [0.3, 0.4) is 0 Å². The molecule has 0 atom stereocenters. The molecule has 3 aromatic carbocycles. The van der Waals surface area contributed by atoms with Crippen molar-refractivity contribution >= 4 is 29.3 Å². The molecule has 2 N–H and O–H groups in total. The van der Waals surface area contributed by atoms with E-state index < -0.39 is 18.5 Å². The van der Waals surface area contributed by atoms with Crippen molar-refractivity contribution in [3.8, 4) is 0 Å². The number of benzene rings is 3. The van der Waals surface area contributed by atoms with E-state index in [1.54, 1.807) is 0 Å². The number of carboxylic acid groups (broad SMARTS) is 1. The number of carbonyl (C=O) groups is 2. The summed E-state index contributed by atoms with van der Waals surface area (Å²) in [7, 11) is 1.47. The molecule has 0 unspecified atom stereocenters. The Bertz CT molecular complexity index is 1220. The molecule has 5 rings (SSSR count). The minimum absolute atomic E-state index is 0. The summed E-state index contributed by atoms with van der Waals surface area (Å²) in [6.45, 7) is 8.93. The van der Waals surface area contributed by atoms with Crippen LogP contribution in [-0.4, -0.2) is 79.2 Å². The fourth-order valence-corrected chi connectivity index (χ4v) is 4.12. The van der Waals surface area contributed by atoms with E-state index in [-0.39, 0.29) is 39.3 Å². The van der Waals surface area contributed by atoms with E-state index in [0.29, 0.717) is 0 Å². The van der Waals surface area contributed by atoms with Gasteiger partial charge in [0.25, 0.3) is 0 Å². The second-order valence-electron chi connectivity index (χ2n) is 9.33. The maximum Gasteiger partial charge on any atom is 0.302 e. The molecule has 12 heteroatoms. The second kappa shape index (κ2) is 24.4. The molecule has 10 nitrogen and oxygen atoms in total. The van der Waals surface area contributed by atoms with Crippen LogP contribution in [0.4, 0.5) is 4.79 Å². The van der Waals surface area contributed by atoms with E-state index in [4.69, 9.17) is 21.4 Å². The van der Waals surface area contributed by atoms with Crippen LogP contribution in [0.25, 0.3) is 10.7 Å². The molecule has 2 heterocycles. The van der Waals surface area contributed by atoms with Crippen molar-refractivity contribution in [3.05, 3.63) is 117 Å². The number of rotatable bonds is 8. The number of carboxylic acids is 1. The van der Waals surface area contributed by atoms with Gasteiger partial charge in [0.15, 0.2) is 0 Å². The first kappa shape index (κ1) is 40.2. The third-order valence-corrected chi connectivity index (χ3v) is 6.46. The quantitative estimate of drug-likeness (QED) is 0.255. The van der Waals surface area contributed by atoms with Crippen LogP contribution in [0.15, 0.2) is 90.0 Å². The molecule has 0 aromatic heterocycles. The van der Waals surface area contributed by atoms with E-state index in [1.807, 2.05) is 98.8 Å². The van der Waals surface area contributed by atoms with Crippen molar-refractivity contribution in [1.29, 1.82) is 0 Å². The van der Waals surface area contributed by atoms with Gasteiger partial charge in [-0.15, -0.1) is 0 Å². The van der Waals surface area contributed by atoms with Crippen LogP contribution >= 0.6 is 11.6 Å². The van der Waals surface area contributed by atoms with Gasteiger partial charge >= 0.3 is 5.97 Å². The van der Waals surface area contributed by atoms with Crippen molar-refractivity contribution in [1.82, 2.24) is 15.3 Å². The van der Waals surface area contributed by atoms with Gasteiger partial charge in [0.2, 0.25) is 0 Å². The fourth-order valence-electron chi connectivity index (χ4n) is 4.00. The Labute approximate surface area is 297 Å². The number of halogens is 1. The van der Waals surface area contributed by atoms with Gasteiger partial charge in [-0.2, -0.15) is 12.1 Å². The number of hydrogen-bond acceptors (Lipinski definition) is 6. The first-order chi connectivity index (χ1) is 21.4. The van der Waals surface area contributed by atoms with Crippen LogP contribution < -0.4 is 5.43 Å². The SMILES string of the molecule is CC.C[N-]N(Cc1ccc(CN2CCOCC2)cc1)C(=O)[N-]CC(=O)O.Clc1ccc(C2=NNCC2)cc1.[Y].c1ccccc1. The summed E-state index contributed by atoms with van der Waals surface area (Å²) in [4.78, 5) is 24.6. The summed E-state index contributed by atoms with van der Waals surface area (Å²) in [5.41, 5.74) is 11.2. The van der Waals surface area contributed by atoms with E-state index >= 15 is 0 Å². The number of amides is 2. The Hall–Kier alpha value is -2.86. The van der Waals surface area contributed by atoms with Crippen molar-refractivity contribution < 1.29 is 52.1 Å². The predicted molar refractivity (Wildman–Crippen MR) is 177 cm³/mol. The predicted octanol–water partition coefficient (Wildman–Crippen LogP) is 6.57. The Morgan fingerprint density at radius 1 is 0.956 bits per heavy atom. The van der Waals surface area contributed by atoms with E-state index in [9.17, 15) is 9.59 Å². The maximum absolute atomic E-state index is 11.8. The molecule has 3 aromatic rings. The molecule has 0 aliphatic carbocycles. The zero-order valence-corrected chi connectivity index (χ0v) is 29.9. The third kappa shape index (κ3) is 16.9. The van der Waals surface area contributed by atoms with Crippen LogP contribution in [0.1, 0.15) is 37.0 Å². The molecule has 2 aliphatic heterocycles. The van der Waals surface area contributed by atoms with Gasteiger partial charge in [0.1, 0.15) is 6.03 Å². The minimum Gasteiger partial charge on any atom is -0.667 e. The standard InChI is InChI=1S/C16H23N4O4.C9H9ClN2.C6H6.C2H6.Y/c1-17-20(16(23)18-10-15(21)22)12-14-4-2-13(3-5-14)11-19-6-8-24-9-7-19;10-8-3-1-7(2-4-8)9-5-6-11-12-9;1-2-4-6-5-3-1;1-2;/h2-5H,6-12H2,1H3,(H2,18,21,22,23);1-4,11H,5-6H2;1-6H;1-2H3;/q-1;;;;/p-1. The van der Waals surface area contributed by atoms with Gasteiger partial charge in [-0.3, -0.25) is 9.69 Å². The van der Waals surface area contributed by atoms with Crippen molar-refractivity contribution in [2.45, 2.75) is 33.4 Å². The van der Waals surface area contributed by atoms with E-state index in [2.05, 4.69) is 26.2 Å². The van der Waals surface area contributed by atoms with Crippen LogP contribution in [-0.2, 0) is 55.3 Å². The summed E-state index contributed by atoms with van der Waals surface area (Å²) >= 11 is 5.76. The normalized spacial score (nSPS) is 13.4. The van der Waals surface area contributed by atoms with E-state index in [0.717, 1.165) is 72.7 Å². The van der Waals surface area contributed by atoms with Gasteiger partial charge < -0.3 is 35.8 Å². The zero-order valence-electron chi connectivity index (χ0n) is 26.3. The van der Waals surface area contributed by atoms with Crippen LogP contribution in [0.2, 0.25) is 5.02 Å². The fraction of sp³-hybridized carbons (Fsp3) is 0.364. The topological polar surface area (TPSA) is 123 Å². The second-order valence-corrected chi connectivity index (χ2v) is 9.77. The monoisotopic (exact) mass is 711 g/mol. The molecule has 2 amide bonds. The number of carbonyl (C=O) groups excluding carboxylic acids is 1. The Morgan fingerprint density at radius 2 is 1.51 bits per heavy atom. The van der Waals surface area contributed by atoms with E-state index in [1.165, 1.54) is 12.6 Å². The summed E-state index contributed by atoms with van der Waals surface area (Å²) in [5.74, 6) is -1.15. The maximum atomic E-state index is 11.8. The van der Waals surface area contributed by atoms with Gasteiger partial charge in [0, 0.05) is 70.3 Å². The summed E-state index contributed by atoms with van der Waals surface area (Å²) in [6, 6.07) is 27.0. The number of morpholine rings is 1. The zero-order chi connectivity index (χ0) is 32.0. The number of nitrogens with zero attached hydrogens (tertiary/aromatic N) is 5. The molecular weight excluding hydrogens is 669 g/mol. The molecule has 0 saturated carbocycles. The summed E-state index contributed by atoms with van der Waals surface area (Å²) in [6.07, 6.45) is 1.00. The Kier molecular flexibility index (Phi) is 21.8. The molecule has 1 saturated heterocycles. The molecule has 45 heavy (non-hydrogen) atoms. The molecule has 1 radical (unpaired) electrons. The minimum atomic E-state index is -1.15. The molecule has 0 bridgehead atoms. The average molecular weight is 712 g/mol. The molecule has 241 valence electrons. The van der Waals surface area contributed by atoms with Crippen LogP contribution in [0.5, 0.6) is 0 Å². The number of nitrogens with one attached hydrogen (secondary N) is 1. The molecule has 2 aliphatic rings. The summed E-state index contributed by atoms with van der Waals surface area (Å²) in [5, 5.41) is 18.1. The number of hydrogen-bond donors (Lipinski definition) is 2. The molecule has 0 spiro atoms.